The highest BCUT2D eigenvalue weighted by Crippen LogP contribution is 2.38. The maximum Gasteiger partial charge on any atom is 0.326 e. The summed E-state index contributed by atoms with van der Waals surface area (Å²) in [6, 6.07) is 18.8. The number of aliphatic hydroxyl groups excluding tert-OH is 1. The monoisotopic (exact) mass is 567 g/mol. The summed E-state index contributed by atoms with van der Waals surface area (Å²) in [6.45, 7) is 8.64. The molecule has 2 heterocycles. The van der Waals surface area contributed by atoms with Crippen LogP contribution in [0.15, 0.2) is 65.6 Å². The van der Waals surface area contributed by atoms with Gasteiger partial charge >= 0.3 is 6.03 Å². The van der Waals surface area contributed by atoms with Crippen molar-refractivity contribution in [3.8, 4) is 22.9 Å². The third-order valence-electron chi connectivity index (χ3n) is 7.00. The van der Waals surface area contributed by atoms with Crippen LogP contribution in [0.5, 0.6) is 5.75 Å². The van der Waals surface area contributed by atoms with E-state index in [-0.39, 0.29) is 43.7 Å². The zero-order chi connectivity index (χ0) is 30.2. The van der Waals surface area contributed by atoms with Crippen molar-refractivity contribution in [2.45, 2.75) is 52.4 Å². The first-order valence-corrected chi connectivity index (χ1v) is 14.2. The Morgan fingerprint density at radius 1 is 1.07 bits per heavy atom. The molecule has 42 heavy (non-hydrogen) atoms. The number of pyridine rings is 2. The van der Waals surface area contributed by atoms with Gasteiger partial charge in [-0.15, -0.1) is 0 Å². The molecule has 0 aliphatic carbocycles. The summed E-state index contributed by atoms with van der Waals surface area (Å²) in [6.07, 6.45) is 2.26. The highest BCUT2D eigenvalue weighted by Gasteiger charge is 2.24. The second-order valence-electron chi connectivity index (χ2n) is 10.7. The number of nitrogens with zero attached hydrogens (tertiary/aromatic N) is 3. The Labute approximate surface area is 245 Å². The Hall–Kier alpha value is -4.68. The number of hydrogen-bond donors (Lipinski definition) is 3. The van der Waals surface area contributed by atoms with Crippen molar-refractivity contribution in [2.24, 2.45) is 0 Å². The summed E-state index contributed by atoms with van der Waals surface area (Å²) in [7, 11) is 0. The van der Waals surface area contributed by atoms with Crippen LogP contribution in [0.1, 0.15) is 63.5 Å². The van der Waals surface area contributed by atoms with Crippen molar-refractivity contribution in [3.05, 3.63) is 82.3 Å². The minimum absolute atomic E-state index is 0.0664. The lowest BCUT2D eigenvalue weighted by atomic mass is 9.88. The number of amides is 2. The van der Waals surface area contributed by atoms with E-state index in [9.17, 15) is 9.59 Å². The van der Waals surface area contributed by atoms with Gasteiger partial charge in [0.2, 0.25) is 0 Å². The average Bonchev–Trinajstić information content (AvgIpc) is 2.98. The number of nitrogens with one attached hydrogen (secondary N) is 2. The Morgan fingerprint density at radius 2 is 1.81 bits per heavy atom. The number of ether oxygens (including phenoxy) is 1. The molecule has 4 aromatic rings. The maximum absolute atomic E-state index is 14.0. The van der Waals surface area contributed by atoms with E-state index in [1.807, 2.05) is 30.3 Å². The number of aromatic nitrogens is 2. The van der Waals surface area contributed by atoms with Crippen LogP contribution in [0.2, 0.25) is 0 Å². The summed E-state index contributed by atoms with van der Waals surface area (Å²) >= 11 is 0. The molecule has 0 aliphatic rings. The lowest BCUT2D eigenvalue weighted by Crippen LogP contribution is -2.39. The van der Waals surface area contributed by atoms with E-state index in [2.05, 4.69) is 61.2 Å². The summed E-state index contributed by atoms with van der Waals surface area (Å²) in [5.74, 6) is 0.822. The number of fused-ring (bicyclic) bond motifs is 1. The number of aromatic amines is 1. The molecule has 4 rings (SSSR count). The smallest absolute Gasteiger partial charge is 0.326 e. The predicted octanol–water partition coefficient (Wildman–Crippen LogP) is 6.55. The number of H-pyrrole nitrogens is 1. The Bertz CT molecular complexity index is 1630. The van der Waals surface area contributed by atoms with Crippen molar-refractivity contribution in [2.75, 3.05) is 30.0 Å². The first-order valence-electron chi connectivity index (χ1n) is 14.2. The van der Waals surface area contributed by atoms with E-state index in [1.165, 1.54) is 4.90 Å². The van der Waals surface area contributed by atoms with Crippen LogP contribution in [0, 0.1) is 11.3 Å². The van der Waals surface area contributed by atoms with Gasteiger partial charge in [0, 0.05) is 30.2 Å². The van der Waals surface area contributed by atoms with E-state index >= 15 is 0 Å². The second-order valence-corrected chi connectivity index (χ2v) is 10.7. The third-order valence-corrected chi connectivity index (χ3v) is 7.00. The minimum Gasteiger partial charge on any atom is -0.491 e. The average molecular weight is 568 g/mol. The number of hydrogen-bond acceptors (Lipinski definition) is 6. The van der Waals surface area contributed by atoms with Crippen LogP contribution >= 0.6 is 0 Å². The molecule has 2 amide bonds. The van der Waals surface area contributed by atoms with Crippen LogP contribution in [0.3, 0.4) is 0 Å². The van der Waals surface area contributed by atoms with Crippen LogP contribution in [0.25, 0.3) is 22.2 Å². The third kappa shape index (κ3) is 6.96. The first kappa shape index (κ1) is 30.3. The van der Waals surface area contributed by atoms with Crippen molar-refractivity contribution >= 4 is 28.4 Å². The lowest BCUT2D eigenvalue weighted by molar-refractivity contribution is 0.201. The number of carbonyl (C=O) groups excluding carboxylic acids is 1. The second kappa shape index (κ2) is 13.8. The van der Waals surface area contributed by atoms with Gasteiger partial charge < -0.3 is 20.1 Å². The van der Waals surface area contributed by atoms with Gasteiger partial charge in [-0.2, -0.15) is 5.26 Å². The molecule has 0 aliphatic heterocycles. The molecule has 0 fully saturated rings. The zero-order valence-electron chi connectivity index (χ0n) is 24.5. The number of aliphatic hydroxyl groups is 1. The van der Waals surface area contributed by atoms with Gasteiger partial charge in [-0.1, -0.05) is 39.8 Å². The molecule has 2 aromatic heterocycles. The standard InChI is InChI=1S/C33H37N5O4/c1-21(2)27-18-25(23-9-7-11-26(17-23)42-16-15-39)19-28(22(3)4)30(27)36-33(41)38(14-6-5-12-34)29-20-24-10-8-13-35-31(24)37-32(29)40/h7-11,13,17-22,39H,5-6,14-16H2,1-4H3,(H,36,41)(H,35,37,40). The summed E-state index contributed by atoms with van der Waals surface area (Å²) < 4.78 is 5.63. The largest absolute Gasteiger partial charge is 0.491 e. The molecule has 3 N–H and O–H groups in total. The lowest BCUT2D eigenvalue weighted by Gasteiger charge is -2.26. The van der Waals surface area contributed by atoms with E-state index in [0.717, 1.165) is 22.3 Å². The van der Waals surface area contributed by atoms with Gasteiger partial charge in [-0.3, -0.25) is 9.69 Å². The Morgan fingerprint density at radius 3 is 2.48 bits per heavy atom. The molecule has 0 radical (unpaired) electrons. The topological polar surface area (TPSA) is 131 Å². The number of urea groups is 1. The quantitative estimate of drug-likeness (QED) is 0.176. The summed E-state index contributed by atoms with van der Waals surface area (Å²) in [5, 5.41) is 22.1. The van der Waals surface area contributed by atoms with Gasteiger partial charge in [-0.25, -0.2) is 9.78 Å². The normalized spacial score (nSPS) is 11.1. The number of anilines is 2. The van der Waals surface area contributed by atoms with E-state index in [0.29, 0.717) is 28.9 Å². The van der Waals surface area contributed by atoms with Crippen LogP contribution < -0.4 is 20.5 Å². The molecule has 9 heteroatoms. The molecule has 218 valence electrons. The highest BCUT2D eigenvalue weighted by atomic mass is 16.5. The van der Waals surface area contributed by atoms with Crippen molar-refractivity contribution in [3.63, 3.8) is 0 Å². The summed E-state index contributed by atoms with van der Waals surface area (Å²) in [5.41, 5.74) is 4.78. The molecule has 9 nitrogen and oxygen atoms in total. The molecule has 0 saturated carbocycles. The fraction of sp³-hybridized carbons (Fsp3) is 0.333. The molecule has 0 bridgehead atoms. The van der Waals surface area contributed by atoms with Gasteiger partial charge in [-0.05, 0) is 83.0 Å². The zero-order valence-corrected chi connectivity index (χ0v) is 24.5. The number of nitriles is 1. The number of unbranched alkanes of at least 4 members (excludes halogenated alkanes) is 1. The van der Waals surface area contributed by atoms with Crippen molar-refractivity contribution < 1.29 is 14.6 Å². The van der Waals surface area contributed by atoms with Gasteiger partial charge in [0.1, 0.15) is 23.7 Å². The SMILES string of the molecule is CC(C)c1cc(-c2cccc(OCCO)c2)cc(C(C)C)c1NC(=O)N(CCCC#N)c1cc2cccnc2[nH]c1=O. The van der Waals surface area contributed by atoms with Crippen LogP contribution in [-0.4, -0.2) is 40.9 Å². The van der Waals surface area contributed by atoms with Crippen molar-refractivity contribution in [1.82, 2.24) is 9.97 Å². The number of rotatable bonds is 11. The molecule has 0 atom stereocenters. The Balaban J connectivity index is 1.77. The van der Waals surface area contributed by atoms with E-state index < -0.39 is 11.6 Å². The fourth-order valence-corrected chi connectivity index (χ4v) is 4.88. The fourth-order valence-electron chi connectivity index (χ4n) is 4.88. The molecule has 0 saturated heterocycles. The van der Waals surface area contributed by atoms with Gasteiger partial charge in [0.25, 0.3) is 5.56 Å². The number of carbonyl (C=O) groups is 1. The highest BCUT2D eigenvalue weighted by molar-refractivity contribution is 6.03. The van der Waals surface area contributed by atoms with E-state index in [4.69, 9.17) is 15.1 Å². The Kier molecular flexibility index (Phi) is 9.94. The number of benzene rings is 2. The van der Waals surface area contributed by atoms with E-state index in [1.54, 1.807) is 18.3 Å². The molecule has 0 spiro atoms. The molecular weight excluding hydrogens is 530 g/mol. The predicted molar refractivity (Wildman–Crippen MR) is 166 cm³/mol. The van der Waals surface area contributed by atoms with Gasteiger partial charge in [0.15, 0.2) is 0 Å². The van der Waals surface area contributed by atoms with Crippen LogP contribution in [0.4, 0.5) is 16.2 Å². The molecule has 2 aromatic carbocycles. The minimum atomic E-state index is -0.447. The maximum atomic E-state index is 14.0. The van der Waals surface area contributed by atoms with Crippen molar-refractivity contribution in [1.29, 1.82) is 5.26 Å². The summed E-state index contributed by atoms with van der Waals surface area (Å²) in [4.78, 5) is 35.5. The van der Waals surface area contributed by atoms with Gasteiger partial charge in [0.05, 0.1) is 12.7 Å². The van der Waals surface area contributed by atoms with Crippen LogP contribution in [-0.2, 0) is 0 Å². The first-order chi connectivity index (χ1) is 20.2. The molecule has 0 unspecified atom stereocenters. The molecular formula is C33H37N5O4.